The number of rotatable bonds is 8. The zero-order chi connectivity index (χ0) is 21.3. The topological polar surface area (TPSA) is 98.4 Å². The summed E-state index contributed by atoms with van der Waals surface area (Å²) in [6.07, 6.45) is 1.71. The van der Waals surface area contributed by atoms with E-state index in [4.69, 9.17) is 21.8 Å². The van der Waals surface area contributed by atoms with Gasteiger partial charge in [-0.3, -0.25) is 4.98 Å². The normalized spacial score (nSPS) is 10.2. The minimum Gasteiger partial charge on any atom is -0.491 e. The van der Waals surface area contributed by atoms with E-state index in [1.54, 1.807) is 37.6 Å². The molecule has 7 nitrogen and oxygen atoms in total. The van der Waals surface area contributed by atoms with Crippen LogP contribution in [-0.2, 0) is 10.5 Å². The zero-order valence-electron chi connectivity index (χ0n) is 16.3. The van der Waals surface area contributed by atoms with E-state index < -0.39 is 0 Å². The fraction of sp³-hybridized carbons (Fsp3) is 0.182. The molecule has 0 aliphatic rings. The van der Waals surface area contributed by atoms with Crippen molar-refractivity contribution in [1.82, 2.24) is 9.97 Å². The predicted molar refractivity (Wildman–Crippen MR) is 116 cm³/mol. The second kappa shape index (κ2) is 10.3. The summed E-state index contributed by atoms with van der Waals surface area (Å²) in [5, 5.41) is 10.3. The molecule has 0 saturated carbocycles. The van der Waals surface area contributed by atoms with Crippen LogP contribution in [0.4, 0.5) is 11.5 Å². The van der Waals surface area contributed by atoms with Crippen LogP contribution in [0.2, 0.25) is 0 Å². The number of anilines is 1. The molecule has 0 spiro atoms. The SMILES string of the molecule is [C-]#[N+]c1c(N)nc(SCc2ccccn2)c(C#N)c1-c1ccc(OCCOC)cc1. The van der Waals surface area contributed by atoms with Crippen LogP contribution in [0.5, 0.6) is 5.75 Å². The van der Waals surface area contributed by atoms with Gasteiger partial charge in [0.25, 0.3) is 0 Å². The summed E-state index contributed by atoms with van der Waals surface area (Å²) in [5.41, 5.74) is 8.60. The van der Waals surface area contributed by atoms with Crippen molar-refractivity contribution in [2.45, 2.75) is 10.8 Å². The molecule has 1 aromatic carbocycles. The maximum Gasteiger partial charge on any atom is 0.236 e. The largest absolute Gasteiger partial charge is 0.491 e. The highest BCUT2D eigenvalue weighted by atomic mass is 32.2. The lowest BCUT2D eigenvalue weighted by molar-refractivity contribution is 0.146. The van der Waals surface area contributed by atoms with Crippen LogP contribution >= 0.6 is 11.8 Å². The number of hydrogen-bond acceptors (Lipinski definition) is 7. The molecule has 30 heavy (non-hydrogen) atoms. The van der Waals surface area contributed by atoms with Gasteiger partial charge in [-0.1, -0.05) is 30.0 Å². The number of methoxy groups -OCH3 is 1. The molecule has 3 rings (SSSR count). The molecule has 0 aliphatic heterocycles. The van der Waals surface area contributed by atoms with E-state index in [2.05, 4.69) is 20.9 Å². The first-order valence-corrected chi connectivity index (χ1v) is 10.0. The van der Waals surface area contributed by atoms with Gasteiger partial charge in [0.2, 0.25) is 5.69 Å². The van der Waals surface area contributed by atoms with E-state index in [9.17, 15) is 5.26 Å². The van der Waals surface area contributed by atoms with Crippen molar-refractivity contribution >= 4 is 23.3 Å². The van der Waals surface area contributed by atoms with Crippen LogP contribution in [0, 0.1) is 17.9 Å². The lowest BCUT2D eigenvalue weighted by Crippen LogP contribution is -2.04. The first-order valence-electron chi connectivity index (χ1n) is 9.03. The Bertz CT molecular complexity index is 1090. The van der Waals surface area contributed by atoms with E-state index in [1.807, 2.05) is 18.2 Å². The fourth-order valence-corrected chi connectivity index (χ4v) is 3.67. The molecule has 2 N–H and O–H groups in total. The number of pyridine rings is 2. The average Bonchev–Trinajstić information content (AvgIpc) is 2.78. The van der Waals surface area contributed by atoms with E-state index in [0.29, 0.717) is 46.4 Å². The minimum atomic E-state index is 0.0999. The van der Waals surface area contributed by atoms with Crippen LogP contribution in [-0.4, -0.2) is 30.3 Å². The van der Waals surface area contributed by atoms with Gasteiger partial charge in [0.15, 0.2) is 0 Å². The van der Waals surface area contributed by atoms with Crippen LogP contribution < -0.4 is 10.5 Å². The first kappa shape index (κ1) is 21.1. The number of nitriles is 1. The predicted octanol–water partition coefficient (Wildman–Crippen LogP) is 4.47. The van der Waals surface area contributed by atoms with Crippen molar-refractivity contribution in [3.63, 3.8) is 0 Å². The molecular weight excluding hydrogens is 398 g/mol. The maximum absolute atomic E-state index is 9.87. The Hall–Kier alpha value is -3.59. The third-order valence-electron chi connectivity index (χ3n) is 4.17. The lowest BCUT2D eigenvalue weighted by Gasteiger charge is -2.14. The second-order valence-corrected chi connectivity index (χ2v) is 7.06. The Kier molecular flexibility index (Phi) is 7.23. The van der Waals surface area contributed by atoms with E-state index in [-0.39, 0.29) is 11.5 Å². The Morgan fingerprint density at radius 2 is 2.00 bits per heavy atom. The molecule has 0 atom stereocenters. The zero-order valence-corrected chi connectivity index (χ0v) is 17.1. The van der Waals surface area contributed by atoms with Crippen LogP contribution in [0.15, 0.2) is 53.7 Å². The van der Waals surface area contributed by atoms with Gasteiger partial charge in [-0.15, -0.1) is 0 Å². The smallest absolute Gasteiger partial charge is 0.236 e. The van der Waals surface area contributed by atoms with Gasteiger partial charge in [0, 0.05) is 24.6 Å². The molecule has 3 aromatic rings. The third-order valence-corrected chi connectivity index (χ3v) is 5.18. The van der Waals surface area contributed by atoms with Gasteiger partial charge < -0.3 is 15.2 Å². The number of thioether (sulfide) groups is 1. The van der Waals surface area contributed by atoms with E-state index >= 15 is 0 Å². The minimum absolute atomic E-state index is 0.0999. The number of hydrogen-bond donors (Lipinski definition) is 1. The summed E-state index contributed by atoms with van der Waals surface area (Å²) in [6.45, 7) is 8.47. The monoisotopic (exact) mass is 417 g/mol. The second-order valence-electron chi connectivity index (χ2n) is 6.10. The van der Waals surface area contributed by atoms with Gasteiger partial charge in [-0.05, 0) is 29.8 Å². The quantitative estimate of drug-likeness (QED) is 0.328. The molecule has 150 valence electrons. The van der Waals surface area contributed by atoms with E-state index in [1.165, 1.54) is 11.8 Å². The van der Waals surface area contributed by atoms with Crippen molar-refractivity contribution in [2.75, 3.05) is 26.1 Å². The highest BCUT2D eigenvalue weighted by Crippen LogP contribution is 2.41. The molecule has 0 fully saturated rings. The molecular formula is C22H19N5O2S. The van der Waals surface area contributed by atoms with Crippen LogP contribution in [0.3, 0.4) is 0 Å². The summed E-state index contributed by atoms with van der Waals surface area (Å²) in [5.74, 6) is 1.30. The Morgan fingerprint density at radius 3 is 2.63 bits per heavy atom. The maximum atomic E-state index is 9.87. The number of nitrogens with two attached hydrogens (primary N) is 1. The van der Waals surface area contributed by atoms with Crippen molar-refractivity contribution in [2.24, 2.45) is 0 Å². The number of nitrogens with zero attached hydrogens (tertiary/aromatic N) is 4. The molecule has 0 aliphatic carbocycles. The first-order chi connectivity index (χ1) is 14.7. The summed E-state index contributed by atoms with van der Waals surface area (Å²) in [6, 6.07) is 15.0. The third kappa shape index (κ3) is 4.87. The molecule has 0 unspecified atom stereocenters. The Balaban J connectivity index is 1.97. The number of benzene rings is 1. The van der Waals surface area contributed by atoms with Gasteiger partial charge in [0.05, 0.1) is 24.4 Å². The standard InChI is InChI=1S/C22H19N5O2S/c1-25-20-19(15-6-8-17(9-7-15)29-12-11-28-2)18(13-23)22(27-21(20)24)30-14-16-5-3-4-10-26-16/h3-10H,11-12,14H2,2H3,(H2,24,27). The summed E-state index contributed by atoms with van der Waals surface area (Å²) < 4.78 is 10.6. The van der Waals surface area contributed by atoms with Crippen molar-refractivity contribution in [1.29, 1.82) is 5.26 Å². The molecule has 8 heteroatoms. The molecule has 0 bridgehead atoms. The van der Waals surface area contributed by atoms with Crippen molar-refractivity contribution < 1.29 is 9.47 Å². The molecule has 0 amide bonds. The van der Waals surface area contributed by atoms with Gasteiger partial charge in [0.1, 0.15) is 29.3 Å². The lowest BCUT2D eigenvalue weighted by atomic mass is 10.00. The number of aromatic nitrogens is 2. The number of nitrogen functional groups attached to an aromatic ring is 1. The van der Waals surface area contributed by atoms with Gasteiger partial charge in [-0.2, -0.15) is 5.26 Å². The van der Waals surface area contributed by atoms with Gasteiger partial charge in [-0.25, -0.2) is 9.83 Å². The molecule has 0 radical (unpaired) electrons. The van der Waals surface area contributed by atoms with Crippen LogP contribution in [0.1, 0.15) is 11.3 Å². The summed E-state index contributed by atoms with van der Waals surface area (Å²) >= 11 is 1.37. The van der Waals surface area contributed by atoms with Crippen molar-refractivity contribution in [3.8, 4) is 22.9 Å². The van der Waals surface area contributed by atoms with Crippen LogP contribution in [0.25, 0.3) is 16.0 Å². The fourth-order valence-electron chi connectivity index (χ4n) is 2.76. The highest BCUT2D eigenvalue weighted by Gasteiger charge is 2.20. The molecule has 2 aromatic heterocycles. The molecule has 0 saturated heterocycles. The molecule has 2 heterocycles. The Labute approximate surface area is 179 Å². The average molecular weight is 417 g/mol. The van der Waals surface area contributed by atoms with Crippen molar-refractivity contribution in [3.05, 3.63) is 71.3 Å². The summed E-state index contributed by atoms with van der Waals surface area (Å²) in [7, 11) is 1.61. The summed E-state index contributed by atoms with van der Waals surface area (Å²) in [4.78, 5) is 12.2. The van der Waals surface area contributed by atoms with E-state index in [0.717, 1.165) is 5.69 Å². The highest BCUT2D eigenvalue weighted by molar-refractivity contribution is 7.98. The Morgan fingerprint density at radius 1 is 1.20 bits per heavy atom. The van der Waals surface area contributed by atoms with Gasteiger partial charge >= 0.3 is 0 Å². The number of ether oxygens (including phenoxy) is 2.